The third-order valence-corrected chi connectivity index (χ3v) is 0. The molecule has 9 heavy (non-hydrogen) atoms. The molecule has 0 saturated carbocycles. The van der Waals surface area contributed by atoms with Crippen molar-refractivity contribution >= 4 is 82.2 Å². The maximum Gasteiger partial charge on any atom is 0.211 e. The first-order valence-electron chi connectivity index (χ1n) is 2.41. The van der Waals surface area contributed by atoms with Crippen molar-refractivity contribution < 1.29 is 0 Å². The standard InChI is InChI=1S/C2H5.CH3.2Al.4ClH.4H/c1-2;;;;;;;;;;;/h1H2,2H3;1H3;;;4*1H;;;;. The summed E-state index contributed by atoms with van der Waals surface area (Å²) in [6, 6.07) is 0. The quantitative estimate of drug-likeness (QED) is 0.568. The average molecular weight is 248 g/mol. The molecule has 0 saturated heterocycles. The van der Waals surface area contributed by atoms with Crippen LogP contribution in [0.1, 0.15) is 6.92 Å². The van der Waals surface area contributed by atoms with Gasteiger partial charge in [0.25, 0.3) is 0 Å². The van der Waals surface area contributed by atoms with Gasteiger partial charge in [-0.05, 0) is 0 Å². The lowest BCUT2D eigenvalue weighted by Gasteiger charge is -1.44. The van der Waals surface area contributed by atoms with Crippen LogP contribution in [-0.2, 0) is 0 Å². The van der Waals surface area contributed by atoms with E-state index in [0.717, 1.165) is 0 Å². The Kier molecular flexibility index (Phi) is 400. The molecule has 0 aromatic heterocycles. The molecule has 0 aliphatic heterocycles. The van der Waals surface area contributed by atoms with Crippen molar-refractivity contribution in [3.8, 4) is 0 Å². The summed E-state index contributed by atoms with van der Waals surface area (Å²) >= 11 is 2.67. The van der Waals surface area contributed by atoms with Crippen molar-refractivity contribution in [2.24, 2.45) is 0 Å². The molecule has 0 aromatic carbocycles. The predicted octanol–water partition coefficient (Wildman–Crippen LogP) is 1.41. The van der Waals surface area contributed by atoms with Gasteiger partial charge in [-0.3, -0.25) is 0 Å². The van der Waals surface area contributed by atoms with Crippen LogP contribution >= 0.6 is 49.6 Å². The van der Waals surface area contributed by atoms with Crippen molar-refractivity contribution in [1.29, 1.82) is 0 Å². The van der Waals surface area contributed by atoms with Crippen molar-refractivity contribution in [2.45, 2.75) is 18.0 Å². The van der Waals surface area contributed by atoms with Gasteiger partial charge in [0.15, 0.2) is 0 Å². The first kappa shape index (κ1) is 43.0. The third kappa shape index (κ3) is 140. The van der Waals surface area contributed by atoms with Crippen LogP contribution in [0.25, 0.3) is 0 Å². The van der Waals surface area contributed by atoms with Gasteiger partial charge in [-0.1, -0.05) is 6.92 Å². The molecule has 0 fully saturated rings. The molecule has 0 N–H and O–H groups in total. The van der Waals surface area contributed by atoms with Gasteiger partial charge in [0.2, 0.25) is 32.6 Å². The molecule has 0 aliphatic rings. The van der Waals surface area contributed by atoms with Crippen LogP contribution in [0, 0.1) is 0 Å². The smallest absolute Gasteiger partial charge is 0.147 e. The molecule has 0 amide bonds. The van der Waals surface area contributed by atoms with Crippen LogP contribution in [0.4, 0.5) is 0 Å². The van der Waals surface area contributed by atoms with Crippen LogP contribution in [0.2, 0.25) is 11.1 Å². The van der Waals surface area contributed by atoms with E-state index in [1.807, 2.05) is 0 Å². The number of hydrogen-bond donors (Lipinski definition) is 0. The molecule has 0 heterocycles. The zero-order valence-electron chi connectivity index (χ0n) is 6.34. The zero-order chi connectivity index (χ0) is 4.71. The van der Waals surface area contributed by atoms with Crippen LogP contribution in [0.3, 0.4) is 0 Å². The topological polar surface area (TPSA) is 0 Å². The van der Waals surface area contributed by atoms with Gasteiger partial charge in [-0.15, -0.1) is 60.7 Å². The molecule has 0 unspecified atom stereocenters. The minimum Gasteiger partial charge on any atom is -0.147 e. The van der Waals surface area contributed by atoms with Crippen molar-refractivity contribution in [3.63, 3.8) is 0 Å². The SMILES string of the molecule is C[CH2][AlH2].Cl.Cl.Cl.Cl.[CH3][AlH2]. The highest BCUT2D eigenvalue weighted by Crippen LogP contribution is 1.49. The van der Waals surface area contributed by atoms with E-state index in [1.165, 1.54) is 37.9 Å². The van der Waals surface area contributed by atoms with E-state index in [2.05, 4.69) is 12.7 Å². The van der Waals surface area contributed by atoms with Gasteiger partial charge in [0, 0.05) is 0 Å². The molecular weight excluding hydrogens is 232 g/mol. The molecule has 0 bridgehead atoms. The van der Waals surface area contributed by atoms with Crippen molar-refractivity contribution in [2.75, 3.05) is 0 Å². The lowest BCUT2D eigenvalue weighted by atomic mass is 11.0. The van der Waals surface area contributed by atoms with Crippen molar-refractivity contribution in [1.82, 2.24) is 0 Å². The van der Waals surface area contributed by atoms with Crippen molar-refractivity contribution in [3.05, 3.63) is 0 Å². The molecule has 0 aliphatic carbocycles. The van der Waals surface area contributed by atoms with E-state index >= 15 is 0 Å². The number of rotatable bonds is 0. The first-order chi connectivity index (χ1) is 2.41. The molecule has 62 valence electrons. The Balaban J connectivity index is -0.00000000357. The third-order valence-electron chi connectivity index (χ3n) is 0. The summed E-state index contributed by atoms with van der Waals surface area (Å²) in [5, 5.41) is 1.39. The Hall–Kier alpha value is 2.22. The Bertz CT molecular complexity index is 13.8. The van der Waals surface area contributed by atoms with E-state index in [4.69, 9.17) is 0 Å². The number of halogens is 4. The summed E-state index contributed by atoms with van der Waals surface area (Å²) in [7, 11) is 0. The summed E-state index contributed by atoms with van der Waals surface area (Å²) in [4.78, 5) is 0. The maximum absolute atomic E-state index is 2.19. The van der Waals surface area contributed by atoms with E-state index < -0.39 is 0 Å². The van der Waals surface area contributed by atoms with E-state index in [1.54, 1.807) is 0 Å². The normalized spacial score (nSPS) is 2.44. The van der Waals surface area contributed by atoms with Crippen LogP contribution < -0.4 is 0 Å². The second-order valence-electron chi connectivity index (χ2n) is 0.707. The Morgan fingerprint density at radius 2 is 0.889 bits per heavy atom. The second kappa shape index (κ2) is 83.7. The number of hydrogen-bond acceptors (Lipinski definition) is 0. The van der Waals surface area contributed by atoms with Crippen LogP contribution in [0.5, 0.6) is 0 Å². The van der Waals surface area contributed by atoms with Crippen LogP contribution in [-0.4, -0.2) is 32.6 Å². The fraction of sp³-hybridized carbons (Fsp3) is 1.00. The fourth-order valence-corrected chi connectivity index (χ4v) is 0. The Morgan fingerprint density at radius 1 is 0.889 bits per heavy atom. The Morgan fingerprint density at radius 3 is 0.889 bits per heavy atom. The Labute approximate surface area is 99.4 Å². The molecule has 0 nitrogen and oxygen atoms in total. The monoisotopic (exact) mass is 246 g/mol. The molecule has 0 rings (SSSR count). The molecular formula is C3H16Al2Cl4. The minimum atomic E-state index is 0. The summed E-state index contributed by atoms with van der Waals surface area (Å²) in [6.45, 7) is 2.19. The van der Waals surface area contributed by atoms with Gasteiger partial charge in [-0.2, -0.15) is 0 Å². The predicted molar refractivity (Wildman–Crippen MR) is 62.4 cm³/mol. The zero-order valence-corrected chi connectivity index (χ0v) is 13.6. The summed E-state index contributed by atoms with van der Waals surface area (Å²) in [6.07, 6.45) is 0. The van der Waals surface area contributed by atoms with Gasteiger partial charge < -0.3 is 0 Å². The summed E-state index contributed by atoms with van der Waals surface area (Å²) < 4.78 is 0. The average Bonchev–Trinajstić information content (AvgIpc) is 1.46. The maximum atomic E-state index is 2.19. The lowest BCUT2D eigenvalue weighted by molar-refractivity contribution is 1.48. The van der Waals surface area contributed by atoms with Gasteiger partial charge >= 0.3 is 0 Å². The van der Waals surface area contributed by atoms with Gasteiger partial charge in [0.05, 0.1) is 0 Å². The van der Waals surface area contributed by atoms with Gasteiger partial charge in [-0.25, -0.2) is 0 Å². The minimum absolute atomic E-state index is 0. The molecule has 0 radical (unpaired) electrons. The molecule has 6 heteroatoms. The first-order valence-corrected chi connectivity index (χ1v) is 5.83. The van der Waals surface area contributed by atoms with Crippen LogP contribution in [0.15, 0.2) is 0 Å². The van der Waals surface area contributed by atoms with Gasteiger partial charge in [0.1, 0.15) is 0 Å². The molecule has 0 atom stereocenters. The summed E-state index contributed by atoms with van der Waals surface area (Å²) in [5.41, 5.74) is 0. The highest BCUT2D eigenvalue weighted by atomic mass is 35.5. The molecule has 0 spiro atoms. The lowest BCUT2D eigenvalue weighted by Crippen LogP contribution is -1.41. The van der Waals surface area contributed by atoms with E-state index in [0.29, 0.717) is 0 Å². The highest BCUT2D eigenvalue weighted by molar-refractivity contribution is 6.08. The highest BCUT2D eigenvalue weighted by Gasteiger charge is 1.41. The second-order valence-corrected chi connectivity index (χ2v) is 2.12. The fourth-order valence-electron chi connectivity index (χ4n) is 0. The molecule has 0 aromatic rings. The summed E-state index contributed by atoms with van der Waals surface area (Å²) in [5.74, 6) is 2.14. The largest absolute Gasteiger partial charge is 0.211 e. The van der Waals surface area contributed by atoms with E-state index in [-0.39, 0.29) is 49.6 Å². The van der Waals surface area contributed by atoms with E-state index in [9.17, 15) is 0 Å².